The average molecular weight is 378 g/mol. The molecule has 0 rings (SSSR count). The number of hydrogen-bond donors (Lipinski definition) is 1. The Morgan fingerprint density at radius 3 is 1.76 bits per heavy atom. The Balaban J connectivity index is 4.65. The Hall–Kier alpha value is -2.20. The predicted octanol–water partition coefficient (Wildman–Crippen LogP) is 0.662. The summed E-state index contributed by atoms with van der Waals surface area (Å²) in [6.45, 7) is 8.53. The zero-order valence-corrected chi connectivity index (χ0v) is 15.0. The summed E-state index contributed by atoms with van der Waals surface area (Å²) in [6, 6.07) is 0. The molecule has 0 aromatic carbocycles. The van der Waals surface area contributed by atoms with E-state index in [2.05, 4.69) is 13.2 Å². The molecule has 0 bridgehead atoms. The van der Waals surface area contributed by atoms with Crippen LogP contribution in [0.15, 0.2) is 24.3 Å². The molecule has 0 aliphatic rings. The summed E-state index contributed by atoms with van der Waals surface area (Å²) >= 11 is 0. The minimum Gasteiger partial charge on any atom is -0.465 e. The molecule has 0 saturated carbocycles. The number of carbonyl (C=O) groups is 3. The largest absolute Gasteiger partial charge is 0.465 e. The smallest absolute Gasteiger partial charge is 0.333 e. The molecule has 0 unspecified atom stereocenters. The van der Waals surface area contributed by atoms with Gasteiger partial charge in [-0.3, -0.25) is 9.35 Å². The van der Waals surface area contributed by atoms with E-state index in [0.29, 0.717) is 0 Å². The average Bonchev–Trinajstić information content (AvgIpc) is 2.49. The molecule has 0 aliphatic carbocycles. The van der Waals surface area contributed by atoms with Gasteiger partial charge in [0.05, 0.1) is 12.4 Å². The summed E-state index contributed by atoms with van der Waals surface area (Å²) in [4.78, 5) is 34.8. The highest BCUT2D eigenvalue weighted by atomic mass is 32.2. The van der Waals surface area contributed by atoms with E-state index in [1.807, 2.05) is 0 Å². The lowest BCUT2D eigenvalue weighted by Crippen LogP contribution is -2.30. The van der Waals surface area contributed by atoms with Gasteiger partial charge in [0.1, 0.15) is 19.1 Å². The van der Waals surface area contributed by atoms with E-state index in [1.54, 1.807) is 0 Å². The lowest BCUT2D eigenvalue weighted by atomic mass is 10.2. The summed E-state index contributed by atoms with van der Waals surface area (Å²) in [5.41, 5.74) is 0.249. The van der Waals surface area contributed by atoms with Crippen LogP contribution in [-0.2, 0) is 38.7 Å². The Labute approximate surface area is 146 Å². The summed E-state index contributed by atoms with van der Waals surface area (Å²) < 4.78 is 44.3. The van der Waals surface area contributed by atoms with Crippen LogP contribution in [-0.4, -0.2) is 56.5 Å². The monoisotopic (exact) mass is 378 g/mol. The van der Waals surface area contributed by atoms with Gasteiger partial charge in [-0.1, -0.05) is 13.2 Å². The van der Waals surface area contributed by atoms with Gasteiger partial charge in [-0.15, -0.1) is 0 Å². The number of rotatable bonds is 11. The molecule has 0 heterocycles. The SMILES string of the molecule is C=C(C)C(=O)OCC(COC(=O)C(=C)C)C(=O)OCCCS(=O)(=O)O. The molecule has 9 nitrogen and oxygen atoms in total. The molecule has 25 heavy (non-hydrogen) atoms. The summed E-state index contributed by atoms with van der Waals surface area (Å²) in [5.74, 6) is -3.97. The van der Waals surface area contributed by atoms with Crippen LogP contribution in [0.1, 0.15) is 20.3 Å². The Kier molecular flexibility index (Phi) is 9.69. The molecule has 1 N–H and O–H groups in total. The third kappa shape index (κ3) is 11.1. The number of ether oxygens (including phenoxy) is 3. The molecule has 0 atom stereocenters. The van der Waals surface area contributed by atoms with Crippen molar-refractivity contribution in [2.45, 2.75) is 20.3 Å². The fraction of sp³-hybridized carbons (Fsp3) is 0.533. The first-order valence-corrected chi connectivity index (χ1v) is 8.82. The molecule has 0 saturated heterocycles. The van der Waals surface area contributed by atoms with Gasteiger partial charge in [0, 0.05) is 11.1 Å². The predicted molar refractivity (Wildman–Crippen MR) is 87.0 cm³/mol. The standard InChI is InChI=1S/C15H22O9S/c1-10(2)13(16)23-8-12(9-24-14(17)11(3)4)15(18)22-6-5-7-25(19,20)21/h12H,1,3,5-9H2,2,4H3,(H,19,20,21). The van der Waals surface area contributed by atoms with E-state index in [-0.39, 0.29) is 24.2 Å². The van der Waals surface area contributed by atoms with E-state index in [0.717, 1.165) is 0 Å². The highest BCUT2D eigenvalue weighted by Gasteiger charge is 2.24. The minimum atomic E-state index is -4.15. The van der Waals surface area contributed by atoms with Crippen LogP contribution >= 0.6 is 0 Å². The van der Waals surface area contributed by atoms with Crippen molar-refractivity contribution in [2.24, 2.45) is 5.92 Å². The number of esters is 3. The molecule has 142 valence electrons. The van der Waals surface area contributed by atoms with Crippen molar-refractivity contribution in [3.8, 4) is 0 Å². The van der Waals surface area contributed by atoms with Crippen LogP contribution in [0.5, 0.6) is 0 Å². The van der Waals surface area contributed by atoms with Gasteiger partial charge in [-0.25, -0.2) is 9.59 Å². The van der Waals surface area contributed by atoms with E-state index < -0.39 is 52.9 Å². The lowest BCUT2D eigenvalue weighted by Gasteiger charge is -2.16. The van der Waals surface area contributed by atoms with Crippen molar-refractivity contribution in [3.63, 3.8) is 0 Å². The first kappa shape index (κ1) is 22.8. The Morgan fingerprint density at radius 1 is 0.960 bits per heavy atom. The van der Waals surface area contributed by atoms with Gasteiger partial charge >= 0.3 is 17.9 Å². The second kappa shape index (κ2) is 10.6. The third-order valence-electron chi connectivity index (χ3n) is 2.65. The second-order valence-corrected chi connectivity index (χ2v) is 6.83. The first-order valence-electron chi connectivity index (χ1n) is 7.21. The summed E-state index contributed by atoms with van der Waals surface area (Å²) in [6.07, 6.45) is -0.117. The molecule has 0 aromatic rings. The van der Waals surface area contributed by atoms with Gasteiger partial charge in [-0.2, -0.15) is 8.42 Å². The molecule has 10 heteroatoms. The molecular formula is C15H22O9S. The fourth-order valence-electron chi connectivity index (χ4n) is 1.32. The normalized spacial score (nSPS) is 10.9. The van der Waals surface area contributed by atoms with Crippen molar-refractivity contribution >= 4 is 28.0 Å². The van der Waals surface area contributed by atoms with Crippen molar-refractivity contribution in [3.05, 3.63) is 24.3 Å². The van der Waals surface area contributed by atoms with E-state index in [9.17, 15) is 22.8 Å². The Morgan fingerprint density at radius 2 is 1.40 bits per heavy atom. The minimum absolute atomic E-state index is 0.117. The van der Waals surface area contributed by atoms with Crippen molar-refractivity contribution in [1.82, 2.24) is 0 Å². The molecule has 0 amide bonds. The van der Waals surface area contributed by atoms with Gasteiger partial charge in [-0.05, 0) is 20.3 Å². The van der Waals surface area contributed by atoms with Crippen LogP contribution in [0.25, 0.3) is 0 Å². The molecule has 0 fully saturated rings. The van der Waals surface area contributed by atoms with Gasteiger partial charge in [0.25, 0.3) is 10.1 Å². The molecular weight excluding hydrogens is 356 g/mol. The zero-order chi connectivity index (χ0) is 19.6. The number of hydrogen-bond acceptors (Lipinski definition) is 8. The van der Waals surface area contributed by atoms with Crippen molar-refractivity contribution in [2.75, 3.05) is 25.6 Å². The van der Waals surface area contributed by atoms with E-state index in [1.165, 1.54) is 13.8 Å². The maximum Gasteiger partial charge on any atom is 0.333 e. The molecule has 0 aromatic heterocycles. The Bertz CT molecular complexity index is 603. The third-order valence-corrected chi connectivity index (χ3v) is 3.46. The highest BCUT2D eigenvalue weighted by Crippen LogP contribution is 2.07. The van der Waals surface area contributed by atoms with Crippen LogP contribution in [0.4, 0.5) is 0 Å². The number of carbonyl (C=O) groups excluding carboxylic acids is 3. The molecule has 0 spiro atoms. The van der Waals surface area contributed by atoms with Crippen molar-refractivity contribution < 1.29 is 41.6 Å². The van der Waals surface area contributed by atoms with Crippen molar-refractivity contribution in [1.29, 1.82) is 0 Å². The topological polar surface area (TPSA) is 133 Å². The lowest BCUT2D eigenvalue weighted by molar-refractivity contribution is -0.158. The van der Waals surface area contributed by atoms with Crippen LogP contribution < -0.4 is 0 Å². The van der Waals surface area contributed by atoms with E-state index in [4.69, 9.17) is 18.8 Å². The van der Waals surface area contributed by atoms with Crippen LogP contribution in [0.2, 0.25) is 0 Å². The fourth-order valence-corrected chi connectivity index (χ4v) is 1.80. The van der Waals surface area contributed by atoms with Gasteiger partial charge in [0.15, 0.2) is 0 Å². The quantitative estimate of drug-likeness (QED) is 0.181. The maximum absolute atomic E-state index is 12.0. The maximum atomic E-state index is 12.0. The summed E-state index contributed by atoms with van der Waals surface area (Å²) in [7, 11) is -4.15. The molecule has 0 aliphatic heterocycles. The summed E-state index contributed by atoms with van der Waals surface area (Å²) in [5, 5.41) is 0. The molecule has 0 radical (unpaired) electrons. The van der Waals surface area contributed by atoms with Gasteiger partial charge in [0.2, 0.25) is 0 Å². The van der Waals surface area contributed by atoms with Crippen LogP contribution in [0.3, 0.4) is 0 Å². The van der Waals surface area contributed by atoms with E-state index >= 15 is 0 Å². The zero-order valence-electron chi connectivity index (χ0n) is 14.1. The van der Waals surface area contributed by atoms with Gasteiger partial charge < -0.3 is 14.2 Å². The second-order valence-electron chi connectivity index (χ2n) is 5.26. The van der Waals surface area contributed by atoms with Crippen LogP contribution in [0, 0.1) is 5.92 Å². The first-order chi connectivity index (χ1) is 11.4. The highest BCUT2D eigenvalue weighted by molar-refractivity contribution is 7.85.